The Morgan fingerprint density at radius 3 is 2.48 bits per heavy atom. The molecule has 3 heterocycles. The summed E-state index contributed by atoms with van der Waals surface area (Å²) < 4.78 is 4.57. The quantitative estimate of drug-likeness (QED) is 0.649. The number of imidazole rings is 1. The molecule has 6 nitrogen and oxygen atoms in total. The second kappa shape index (κ2) is 7.21. The Kier molecular flexibility index (Phi) is 4.44. The maximum absolute atomic E-state index is 5.08. The molecule has 3 aromatic rings. The number of hydrogen-bond donors (Lipinski definition) is 1. The third-order valence-electron chi connectivity index (χ3n) is 8.17. The van der Waals surface area contributed by atoms with Gasteiger partial charge in [-0.15, -0.1) is 5.10 Å². The van der Waals surface area contributed by atoms with E-state index in [2.05, 4.69) is 63.0 Å². The van der Waals surface area contributed by atoms with Crippen LogP contribution in [-0.2, 0) is 12.1 Å². The van der Waals surface area contributed by atoms with Crippen molar-refractivity contribution in [3.8, 4) is 0 Å². The average Bonchev–Trinajstić information content (AvgIpc) is 3.37. The van der Waals surface area contributed by atoms with Crippen molar-refractivity contribution >= 4 is 5.95 Å². The molecule has 0 radical (unpaired) electrons. The highest BCUT2D eigenvalue weighted by Crippen LogP contribution is 2.52. The third kappa shape index (κ3) is 3.27. The molecule has 1 aliphatic heterocycles. The Bertz CT molecular complexity index is 1040. The summed E-state index contributed by atoms with van der Waals surface area (Å²) in [4.78, 5) is 9.57. The van der Waals surface area contributed by atoms with Crippen molar-refractivity contribution < 1.29 is 0 Å². The van der Waals surface area contributed by atoms with Crippen LogP contribution in [0, 0.1) is 6.92 Å². The van der Waals surface area contributed by atoms with Gasteiger partial charge in [-0.1, -0.05) is 36.8 Å². The number of nitrogens with one attached hydrogen (secondary N) is 1. The molecule has 4 aliphatic rings. The highest BCUT2D eigenvalue weighted by Gasteiger charge is 2.50. The van der Waals surface area contributed by atoms with Crippen LogP contribution in [0.15, 0.2) is 42.9 Å². The summed E-state index contributed by atoms with van der Waals surface area (Å²) in [5.74, 6) is 2.32. The van der Waals surface area contributed by atoms with E-state index in [0.29, 0.717) is 5.92 Å². The van der Waals surface area contributed by atoms with Gasteiger partial charge in [0, 0.05) is 29.7 Å². The molecule has 0 amide bonds. The molecular formula is C25H32N6. The molecule has 31 heavy (non-hydrogen) atoms. The second-order valence-electron chi connectivity index (χ2n) is 10.0. The number of benzene rings is 1. The fourth-order valence-corrected chi connectivity index (χ4v) is 6.23. The normalized spacial score (nSPS) is 30.0. The maximum atomic E-state index is 5.08. The molecule has 1 N–H and O–H groups in total. The zero-order valence-electron chi connectivity index (χ0n) is 18.4. The van der Waals surface area contributed by atoms with Gasteiger partial charge in [0.2, 0.25) is 5.95 Å². The van der Waals surface area contributed by atoms with Crippen molar-refractivity contribution in [2.24, 2.45) is 0 Å². The van der Waals surface area contributed by atoms with Crippen LogP contribution in [0.5, 0.6) is 0 Å². The van der Waals surface area contributed by atoms with Crippen molar-refractivity contribution in [1.29, 1.82) is 0 Å². The minimum atomic E-state index is 0.146. The van der Waals surface area contributed by atoms with Gasteiger partial charge < -0.3 is 9.88 Å². The second-order valence-corrected chi connectivity index (χ2v) is 10.0. The molecule has 1 atom stereocenters. The monoisotopic (exact) mass is 416 g/mol. The van der Waals surface area contributed by atoms with Crippen LogP contribution in [0.2, 0.25) is 0 Å². The van der Waals surface area contributed by atoms with E-state index < -0.39 is 0 Å². The number of fused-ring (bicyclic) bond motifs is 4. The van der Waals surface area contributed by atoms with Gasteiger partial charge in [-0.3, -0.25) is 0 Å². The van der Waals surface area contributed by atoms with Gasteiger partial charge in [0.25, 0.3) is 0 Å². The van der Waals surface area contributed by atoms with Crippen molar-refractivity contribution in [3.05, 3.63) is 59.9 Å². The maximum Gasteiger partial charge on any atom is 0.242 e. The molecule has 2 bridgehead atoms. The Hall–Kier alpha value is -2.63. The van der Waals surface area contributed by atoms with E-state index in [1.54, 1.807) is 0 Å². The lowest BCUT2D eigenvalue weighted by molar-refractivity contribution is 0.0638. The van der Waals surface area contributed by atoms with E-state index in [1.807, 2.05) is 6.33 Å². The van der Waals surface area contributed by atoms with Crippen molar-refractivity contribution in [2.75, 3.05) is 5.32 Å². The van der Waals surface area contributed by atoms with Crippen LogP contribution < -0.4 is 5.32 Å². The first kappa shape index (κ1) is 19.1. The number of rotatable bonds is 4. The Morgan fingerprint density at radius 1 is 1.00 bits per heavy atom. The van der Waals surface area contributed by atoms with E-state index in [4.69, 9.17) is 10.1 Å². The van der Waals surface area contributed by atoms with Crippen LogP contribution in [0.25, 0.3) is 0 Å². The number of anilines is 1. The number of hydrogen-bond acceptors (Lipinski definition) is 4. The average molecular weight is 417 g/mol. The van der Waals surface area contributed by atoms with Gasteiger partial charge in [-0.2, -0.15) is 4.98 Å². The smallest absolute Gasteiger partial charge is 0.242 e. The third-order valence-corrected chi connectivity index (χ3v) is 8.17. The predicted octanol–water partition coefficient (Wildman–Crippen LogP) is 5.01. The molecule has 3 fully saturated rings. The Balaban J connectivity index is 1.23. The molecule has 1 unspecified atom stereocenters. The molecular weight excluding hydrogens is 384 g/mol. The zero-order chi connectivity index (χ0) is 20.9. The summed E-state index contributed by atoms with van der Waals surface area (Å²) in [7, 11) is 0. The van der Waals surface area contributed by atoms with E-state index in [1.165, 1.54) is 56.9 Å². The standard InChI is InChI=1S/C25H32N6/c1-19-17-30(18-26-19)25-13-10-24(11-14-25,12-15-25)28-23-27-22-21(20-7-3-2-4-8-20)9-5-6-16-31(22)29-23/h2-4,7-8,17-18,21H,5-6,9-16H2,1H3,(H,28,29). The van der Waals surface area contributed by atoms with Gasteiger partial charge in [-0.25, -0.2) is 9.67 Å². The molecule has 7 rings (SSSR count). The Morgan fingerprint density at radius 2 is 1.77 bits per heavy atom. The minimum Gasteiger partial charge on any atom is -0.347 e. The van der Waals surface area contributed by atoms with Crippen LogP contribution in [0.4, 0.5) is 5.95 Å². The summed E-state index contributed by atoms with van der Waals surface area (Å²) in [6.07, 6.45) is 15.0. The van der Waals surface area contributed by atoms with Gasteiger partial charge in [0.15, 0.2) is 0 Å². The highest BCUT2D eigenvalue weighted by atomic mass is 15.4. The Labute approximate surface area is 184 Å². The van der Waals surface area contributed by atoms with E-state index >= 15 is 0 Å². The van der Waals surface area contributed by atoms with Gasteiger partial charge >= 0.3 is 0 Å². The van der Waals surface area contributed by atoms with Crippen LogP contribution in [0.1, 0.15) is 80.8 Å². The van der Waals surface area contributed by atoms with E-state index in [0.717, 1.165) is 30.4 Å². The lowest BCUT2D eigenvalue weighted by atomic mass is 9.61. The van der Waals surface area contributed by atoms with E-state index in [9.17, 15) is 0 Å². The fraction of sp³-hybridized carbons (Fsp3) is 0.560. The molecule has 162 valence electrons. The number of nitrogens with zero attached hydrogens (tertiary/aromatic N) is 5. The summed E-state index contributed by atoms with van der Waals surface area (Å²) in [6.45, 7) is 3.06. The van der Waals surface area contributed by atoms with Gasteiger partial charge in [0.05, 0.1) is 12.0 Å². The van der Waals surface area contributed by atoms with Crippen LogP contribution >= 0.6 is 0 Å². The molecule has 1 aromatic carbocycles. The molecule has 0 saturated heterocycles. The first-order chi connectivity index (χ1) is 15.1. The summed E-state index contributed by atoms with van der Waals surface area (Å²) >= 11 is 0. The molecule has 3 saturated carbocycles. The minimum absolute atomic E-state index is 0.146. The lowest BCUT2D eigenvalue weighted by Gasteiger charge is -2.54. The zero-order valence-corrected chi connectivity index (χ0v) is 18.4. The SMILES string of the molecule is Cc1cn(C23CCC(Nc4nc5n(n4)CCCCC5c4ccccc4)(CC2)CC3)cn1. The number of aryl methyl sites for hydroxylation is 2. The summed E-state index contributed by atoms with van der Waals surface area (Å²) in [6, 6.07) is 10.8. The van der Waals surface area contributed by atoms with Crippen molar-refractivity contribution in [1.82, 2.24) is 24.3 Å². The number of aromatic nitrogens is 5. The summed E-state index contributed by atoms with van der Waals surface area (Å²) in [5.41, 5.74) is 2.89. The van der Waals surface area contributed by atoms with Crippen LogP contribution in [0.3, 0.4) is 0 Å². The first-order valence-electron chi connectivity index (χ1n) is 11.9. The fourth-order valence-electron chi connectivity index (χ4n) is 6.23. The van der Waals surface area contributed by atoms with E-state index in [-0.39, 0.29) is 11.1 Å². The van der Waals surface area contributed by atoms with Gasteiger partial charge in [-0.05, 0) is 63.9 Å². The molecule has 3 aliphatic carbocycles. The largest absolute Gasteiger partial charge is 0.347 e. The topological polar surface area (TPSA) is 60.6 Å². The predicted molar refractivity (Wildman–Crippen MR) is 121 cm³/mol. The lowest BCUT2D eigenvalue weighted by Crippen LogP contribution is -2.54. The molecule has 0 spiro atoms. The van der Waals surface area contributed by atoms with Crippen molar-refractivity contribution in [3.63, 3.8) is 0 Å². The van der Waals surface area contributed by atoms with Crippen molar-refractivity contribution in [2.45, 2.75) is 88.3 Å². The van der Waals surface area contributed by atoms with Crippen LogP contribution in [-0.4, -0.2) is 29.9 Å². The first-order valence-corrected chi connectivity index (χ1v) is 11.9. The highest BCUT2D eigenvalue weighted by molar-refractivity contribution is 5.35. The summed E-state index contributed by atoms with van der Waals surface area (Å²) in [5, 5.41) is 8.79. The van der Waals surface area contributed by atoms with Gasteiger partial charge in [0.1, 0.15) is 5.82 Å². The molecule has 6 heteroatoms. The molecule has 2 aromatic heterocycles.